The molecule has 0 unspecified atom stereocenters. The largest absolute Gasteiger partial charge is 0.476 e. The second-order valence-corrected chi connectivity index (χ2v) is 8.33. The minimum absolute atomic E-state index is 0.221. The van der Waals surface area contributed by atoms with Gasteiger partial charge in [0.25, 0.3) is 0 Å². The van der Waals surface area contributed by atoms with E-state index in [1.54, 1.807) is 0 Å². The van der Waals surface area contributed by atoms with Crippen molar-refractivity contribution in [2.45, 2.75) is 38.8 Å². The van der Waals surface area contributed by atoms with Crippen LogP contribution in [0.5, 0.6) is 5.75 Å². The zero-order chi connectivity index (χ0) is 19.3. The Kier molecular flexibility index (Phi) is 4.58. The first-order valence-corrected chi connectivity index (χ1v) is 10.3. The first-order valence-electron chi connectivity index (χ1n) is 9.49. The van der Waals surface area contributed by atoms with Crippen molar-refractivity contribution in [3.63, 3.8) is 0 Å². The van der Waals surface area contributed by atoms with E-state index in [4.69, 9.17) is 32.4 Å². The second-order valence-electron chi connectivity index (χ2n) is 7.48. The summed E-state index contributed by atoms with van der Waals surface area (Å²) in [5.41, 5.74) is 4.30. The van der Waals surface area contributed by atoms with Gasteiger partial charge in [-0.1, -0.05) is 35.3 Å². The monoisotopic (exact) mass is 415 g/mol. The van der Waals surface area contributed by atoms with Crippen LogP contribution in [-0.2, 0) is 25.9 Å². The molecule has 3 aromatic rings. The zero-order valence-corrected chi connectivity index (χ0v) is 16.8. The Labute approximate surface area is 172 Å². The Morgan fingerprint density at radius 2 is 1.75 bits per heavy atom. The highest BCUT2D eigenvalue weighted by Gasteiger charge is 2.27. The van der Waals surface area contributed by atoms with Gasteiger partial charge < -0.3 is 9.15 Å². The van der Waals surface area contributed by atoms with E-state index in [1.807, 2.05) is 30.3 Å². The minimum atomic E-state index is -0.221. The van der Waals surface area contributed by atoms with Crippen LogP contribution < -0.4 is 10.4 Å². The molecular formula is C22H19Cl2NO3. The topological polar surface area (TPSA) is 42.7 Å². The quantitative estimate of drug-likeness (QED) is 0.530. The van der Waals surface area contributed by atoms with Crippen molar-refractivity contribution < 1.29 is 9.15 Å². The molecule has 0 amide bonds. The third kappa shape index (κ3) is 3.10. The number of hydrogen-bond acceptors (Lipinski definition) is 4. The van der Waals surface area contributed by atoms with Crippen molar-refractivity contribution in [2.75, 3.05) is 6.73 Å². The summed E-state index contributed by atoms with van der Waals surface area (Å²) in [6.45, 7) is 1.74. The summed E-state index contributed by atoms with van der Waals surface area (Å²) >= 11 is 12.5. The van der Waals surface area contributed by atoms with Crippen LogP contribution in [0.3, 0.4) is 0 Å². The van der Waals surface area contributed by atoms with Gasteiger partial charge in [0.05, 0.1) is 10.6 Å². The molecule has 144 valence electrons. The molecule has 2 aliphatic rings. The van der Waals surface area contributed by atoms with Crippen molar-refractivity contribution in [1.29, 1.82) is 0 Å². The van der Waals surface area contributed by atoms with E-state index in [2.05, 4.69) is 4.90 Å². The van der Waals surface area contributed by atoms with Crippen LogP contribution in [0.2, 0.25) is 10.0 Å². The van der Waals surface area contributed by atoms with Gasteiger partial charge in [-0.25, -0.2) is 4.79 Å². The highest BCUT2D eigenvalue weighted by Crippen LogP contribution is 2.41. The van der Waals surface area contributed by atoms with E-state index in [0.29, 0.717) is 41.2 Å². The van der Waals surface area contributed by atoms with Gasteiger partial charge in [0.2, 0.25) is 0 Å². The summed E-state index contributed by atoms with van der Waals surface area (Å²) in [5, 5.41) is 2.25. The van der Waals surface area contributed by atoms with E-state index in [-0.39, 0.29) is 5.63 Å². The van der Waals surface area contributed by atoms with Crippen molar-refractivity contribution in [3.05, 3.63) is 73.1 Å². The van der Waals surface area contributed by atoms with Gasteiger partial charge >= 0.3 is 5.63 Å². The van der Waals surface area contributed by atoms with E-state index in [1.165, 1.54) is 0 Å². The van der Waals surface area contributed by atoms with Crippen molar-refractivity contribution in [3.8, 4) is 5.75 Å². The van der Waals surface area contributed by atoms with Gasteiger partial charge in [-0.2, -0.15) is 0 Å². The zero-order valence-electron chi connectivity index (χ0n) is 15.3. The molecule has 1 aromatic heterocycles. The SMILES string of the molecule is O=c1oc2c3c(c(Cl)cc2c2c1CCCC2)OCN(Cc1ccc(Cl)cc1)C3. The average molecular weight is 416 g/mol. The molecule has 0 bridgehead atoms. The van der Waals surface area contributed by atoms with Crippen LogP contribution in [0.15, 0.2) is 39.5 Å². The molecule has 1 aliphatic heterocycles. The molecule has 0 saturated carbocycles. The van der Waals surface area contributed by atoms with Gasteiger partial charge in [0.15, 0.2) is 0 Å². The number of aryl methyl sites for hydroxylation is 1. The van der Waals surface area contributed by atoms with Gasteiger partial charge in [0.1, 0.15) is 18.1 Å². The maximum absolute atomic E-state index is 12.6. The van der Waals surface area contributed by atoms with E-state index in [0.717, 1.165) is 53.3 Å². The second kappa shape index (κ2) is 7.11. The van der Waals surface area contributed by atoms with Crippen LogP contribution >= 0.6 is 23.2 Å². The summed E-state index contributed by atoms with van der Waals surface area (Å²) in [4.78, 5) is 14.7. The van der Waals surface area contributed by atoms with Gasteiger partial charge in [0, 0.05) is 29.1 Å². The number of fused-ring (bicyclic) bond motifs is 5. The molecule has 5 rings (SSSR count). The Morgan fingerprint density at radius 3 is 2.54 bits per heavy atom. The van der Waals surface area contributed by atoms with Crippen LogP contribution in [0.4, 0.5) is 0 Å². The lowest BCUT2D eigenvalue weighted by atomic mass is 9.90. The number of hydrogen-bond donors (Lipinski definition) is 0. The lowest BCUT2D eigenvalue weighted by Gasteiger charge is -2.30. The Morgan fingerprint density at radius 1 is 1.00 bits per heavy atom. The van der Waals surface area contributed by atoms with Gasteiger partial charge in [-0.05, 0) is 55.0 Å². The van der Waals surface area contributed by atoms with Crippen LogP contribution in [0.1, 0.15) is 35.1 Å². The molecule has 0 spiro atoms. The highest BCUT2D eigenvalue weighted by molar-refractivity contribution is 6.33. The van der Waals surface area contributed by atoms with Gasteiger partial charge in [-0.15, -0.1) is 0 Å². The number of benzene rings is 2. The van der Waals surface area contributed by atoms with Crippen LogP contribution in [-0.4, -0.2) is 11.6 Å². The van der Waals surface area contributed by atoms with Crippen molar-refractivity contribution in [1.82, 2.24) is 4.90 Å². The van der Waals surface area contributed by atoms with E-state index < -0.39 is 0 Å². The lowest BCUT2D eigenvalue weighted by molar-refractivity contribution is 0.0890. The molecule has 28 heavy (non-hydrogen) atoms. The summed E-state index contributed by atoms with van der Waals surface area (Å²) in [6, 6.07) is 9.67. The maximum atomic E-state index is 12.6. The minimum Gasteiger partial charge on any atom is -0.476 e. The Balaban J connectivity index is 1.58. The summed E-state index contributed by atoms with van der Waals surface area (Å²) in [7, 11) is 0. The Bertz CT molecular complexity index is 1120. The van der Waals surface area contributed by atoms with E-state index >= 15 is 0 Å². The van der Waals surface area contributed by atoms with Gasteiger partial charge in [-0.3, -0.25) is 4.90 Å². The first kappa shape index (κ1) is 18.0. The molecule has 1 aliphatic carbocycles. The van der Waals surface area contributed by atoms with Crippen molar-refractivity contribution in [2.24, 2.45) is 0 Å². The lowest BCUT2D eigenvalue weighted by Crippen LogP contribution is -2.32. The molecule has 6 heteroatoms. The fourth-order valence-corrected chi connectivity index (χ4v) is 4.67. The molecule has 2 aromatic carbocycles. The van der Waals surface area contributed by atoms with Crippen LogP contribution in [0, 0.1) is 0 Å². The fraction of sp³-hybridized carbons (Fsp3) is 0.318. The Hall–Kier alpha value is -2.01. The van der Waals surface area contributed by atoms with Crippen LogP contribution in [0.25, 0.3) is 11.0 Å². The molecular weight excluding hydrogens is 397 g/mol. The fourth-order valence-electron chi connectivity index (χ4n) is 4.26. The molecule has 0 fully saturated rings. The predicted molar refractivity (Wildman–Crippen MR) is 110 cm³/mol. The highest BCUT2D eigenvalue weighted by atomic mass is 35.5. The number of rotatable bonds is 2. The number of halogens is 2. The normalized spacial score (nSPS) is 16.5. The summed E-state index contributed by atoms with van der Waals surface area (Å²) in [5.74, 6) is 0.625. The summed E-state index contributed by atoms with van der Waals surface area (Å²) in [6.07, 6.45) is 3.78. The molecule has 0 radical (unpaired) electrons. The maximum Gasteiger partial charge on any atom is 0.339 e. The number of ether oxygens (including phenoxy) is 1. The molecule has 0 N–H and O–H groups in total. The summed E-state index contributed by atoms with van der Waals surface area (Å²) < 4.78 is 11.8. The third-order valence-electron chi connectivity index (χ3n) is 5.61. The molecule has 4 nitrogen and oxygen atoms in total. The molecule has 2 heterocycles. The standard InChI is InChI=1S/C22H19Cl2NO3/c23-14-7-5-13(6-8-14)10-25-11-18-20-17(9-19(24)21(18)27-12-25)15-3-1-2-4-16(15)22(26)28-20/h5-9H,1-4,10-12H2. The average Bonchev–Trinajstić information content (AvgIpc) is 2.71. The molecule has 0 atom stereocenters. The predicted octanol–water partition coefficient (Wildman–Crippen LogP) is 5.33. The molecule has 0 saturated heterocycles. The smallest absolute Gasteiger partial charge is 0.339 e. The van der Waals surface area contributed by atoms with E-state index in [9.17, 15) is 4.79 Å². The third-order valence-corrected chi connectivity index (χ3v) is 6.14. The first-order chi connectivity index (χ1) is 13.6. The van der Waals surface area contributed by atoms with Crippen molar-refractivity contribution >= 4 is 34.2 Å². The number of nitrogens with zero attached hydrogens (tertiary/aromatic N) is 1.